The number of pyridine rings is 1. The lowest BCUT2D eigenvalue weighted by Crippen LogP contribution is -2.29. The highest BCUT2D eigenvalue weighted by molar-refractivity contribution is 5.94. The Hall–Kier alpha value is -2.40. The van der Waals surface area contributed by atoms with Gasteiger partial charge < -0.3 is 14.4 Å². The number of ether oxygens (including phenoxy) is 2. The highest BCUT2D eigenvalue weighted by Crippen LogP contribution is 2.33. The Bertz CT molecular complexity index is 690. The molecule has 24 heavy (non-hydrogen) atoms. The number of benzene rings is 1. The lowest BCUT2D eigenvalue weighted by Gasteiger charge is -2.17. The van der Waals surface area contributed by atoms with Crippen LogP contribution in [0.25, 0.3) is 0 Å². The first-order valence-electron chi connectivity index (χ1n) is 8.05. The van der Waals surface area contributed by atoms with Crippen LogP contribution in [0.4, 0.5) is 0 Å². The van der Waals surface area contributed by atoms with Gasteiger partial charge in [-0.25, -0.2) is 0 Å². The summed E-state index contributed by atoms with van der Waals surface area (Å²) in [7, 11) is 3.31. The van der Waals surface area contributed by atoms with Crippen molar-refractivity contribution in [1.29, 1.82) is 0 Å². The van der Waals surface area contributed by atoms with Gasteiger partial charge in [-0.15, -0.1) is 0 Å². The molecule has 5 nitrogen and oxygen atoms in total. The Kier molecular flexibility index (Phi) is 5.11. The number of methoxy groups -OCH3 is 2. The van der Waals surface area contributed by atoms with Crippen molar-refractivity contribution in [3.8, 4) is 5.75 Å². The summed E-state index contributed by atoms with van der Waals surface area (Å²) in [6, 6.07) is 11.3. The van der Waals surface area contributed by atoms with Crippen molar-refractivity contribution in [2.24, 2.45) is 5.92 Å². The summed E-state index contributed by atoms with van der Waals surface area (Å²) >= 11 is 0. The summed E-state index contributed by atoms with van der Waals surface area (Å²) in [5.74, 6) is 1.28. The quantitative estimate of drug-likeness (QED) is 0.847. The van der Waals surface area contributed by atoms with Gasteiger partial charge in [0.25, 0.3) is 5.91 Å². The maximum atomic E-state index is 12.9. The van der Waals surface area contributed by atoms with Gasteiger partial charge in [-0.1, -0.05) is 6.07 Å². The second-order valence-corrected chi connectivity index (χ2v) is 6.04. The molecular formula is C19H22N2O3. The molecule has 1 aromatic heterocycles. The zero-order chi connectivity index (χ0) is 16.9. The van der Waals surface area contributed by atoms with Crippen LogP contribution in [0.1, 0.15) is 21.8 Å². The van der Waals surface area contributed by atoms with Crippen molar-refractivity contribution in [2.45, 2.75) is 5.92 Å². The molecule has 0 spiro atoms. The highest BCUT2D eigenvalue weighted by atomic mass is 16.5. The van der Waals surface area contributed by atoms with Crippen LogP contribution in [0.15, 0.2) is 48.8 Å². The van der Waals surface area contributed by atoms with Gasteiger partial charge in [0.1, 0.15) is 5.75 Å². The van der Waals surface area contributed by atoms with E-state index in [9.17, 15) is 4.79 Å². The Morgan fingerprint density at radius 1 is 1.21 bits per heavy atom. The van der Waals surface area contributed by atoms with Crippen molar-refractivity contribution in [3.63, 3.8) is 0 Å². The molecule has 1 saturated heterocycles. The van der Waals surface area contributed by atoms with Crippen LogP contribution < -0.4 is 4.74 Å². The van der Waals surface area contributed by atoms with Gasteiger partial charge in [0.05, 0.1) is 13.7 Å². The fourth-order valence-corrected chi connectivity index (χ4v) is 3.35. The van der Waals surface area contributed by atoms with Gasteiger partial charge in [0.2, 0.25) is 0 Å². The van der Waals surface area contributed by atoms with Crippen LogP contribution in [0.2, 0.25) is 0 Å². The average molecular weight is 326 g/mol. The van der Waals surface area contributed by atoms with Crippen LogP contribution in [0, 0.1) is 5.92 Å². The summed E-state index contributed by atoms with van der Waals surface area (Å²) in [5, 5.41) is 0. The maximum absolute atomic E-state index is 12.9. The fraction of sp³-hybridized carbons (Fsp3) is 0.368. The molecule has 2 heterocycles. The van der Waals surface area contributed by atoms with Crippen LogP contribution in [0.5, 0.6) is 5.75 Å². The van der Waals surface area contributed by atoms with Crippen molar-refractivity contribution in [2.75, 3.05) is 33.9 Å². The molecule has 0 N–H and O–H groups in total. The lowest BCUT2D eigenvalue weighted by atomic mass is 9.90. The zero-order valence-corrected chi connectivity index (χ0v) is 14.0. The Morgan fingerprint density at radius 2 is 2.00 bits per heavy atom. The van der Waals surface area contributed by atoms with E-state index in [0.29, 0.717) is 31.0 Å². The summed E-state index contributed by atoms with van der Waals surface area (Å²) in [6.07, 6.45) is 3.59. The van der Waals surface area contributed by atoms with Crippen molar-refractivity contribution >= 4 is 5.91 Å². The molecule has 1 aliphatic rings. The van der Waals surface area contributed by atoms with Gasteiger partial charge >= 0.3 is 0 Å². The number of carbonyl (C=O) groups excluding carboxylic acids is 1. The first-order valence-corrected chi connectivity index (χ1v) is 8.05. The number of hydrogen-bond donors (Lipinski definition) is 0. The van der Waals surface area contributed by atoms with Crippen molar-refractivity contribution in [1.82, 2.24) is 9.88 Å². The summed E-state index contributed by atoms with van der Waals surface area (Å²) in [5.41, 5.74) is 1.86. The molecule has 0 saturated carbocycles. The molecule has 2 atom stereocenters. The molecule has 1 fully saturated rings. The normalized spacial score (nSPS) is 20.2. The standard InChI is InChI=1S/C19H22N2O3/c1-23-13-16-11-21(12-18(16)14-6-8-20-9-7-14)19(22)15-4-3-5-17(10-15)24-2/h3-10,16,18H,11-13H2,1-2H3/t16-,18-/m0/s1. The molecule has 0 unspecified atom stereocenters. The second-order valence-electron chi connectivity index (χ2n) is 6.04. The number of likely N-dealkylation sites (tertiary alicyclic amines) is 1. The summed E-state index contributed by atoms with van der Waals surface area (Å²) < 4.78 is 10.6. The second kappa shape index (κ2) is 7.45. The molecule has 0 bridgehead atoms. The van der Waals surface area contributed by atoms with E-state index in [1.54, 1.807) is 32.7 Å². The maximum Gasteiger partial charge on any atom is 0.254 e. The molecule has 1 aromatic carbocycles. The van der Waals surface area contributed by atoms with Crippen LogP contribution in [-0.2, 0) is 4.74 Å². The largest absolute Gasteiger partial charge is 0.497 e. The predicted molar refractivity (Wildman–Crippen MR) is 91.2 cm³/mol. The van der Waals surface area contributed by atoms with Gasteiger partial charge in [-0.2, -0.15) is 0 Å². The number of nitrogens with zero attached hydrogens (tertiary/aromatic N) is 2. The minimum absolute atomic E-state index is 0.0339. The third kappa shape index (κ3) is 3.41. The molecule has 1 amide bonds. The summed E-state index contributed by atoms with van der Waals surface area (Å²) in [6.45, 7) is 2.01. The van der Waals surface area contributed by atoms with Crippen molar-refractivity contribution < 1.29 is 14.3 Å². The molecule has 0 aliphatic carbocycles. The van der Waals surface area contributed by atoms with Gasteiger partial charge in [-0.3, -0.25) is 9.78 Å². The van der Waals surface area contributed by atoms with E-state index in [1.807, 2.05) is 35.2 Å². The van der Waals surface area contributed by atoms with E-state index < -0.39 is 0 Å². The molecule has 126 valence electrons. The number of hydrogen-bond acceptors (Lipinski definition) is 4. The summed E-state index contributed by atoms with van der Waals surface area (Å²) in [4.78, 5) is 18.8. The first-order chi connectivity index (χ1) is 11.7. The minimum Gasteiger partial charge on any atom is -0.497 e. The Morgan fingerprint density at radius 3 is 2.71 bits per heavy atom. The number of carbonyl (C=O) groups is 1. The van der Waals surface area contributed by atoms with Crippen molar-refractivity contribution in [3.05, 3.63) is 59.9 Å². The number of rotatable bonds is 5. The van der Waals surface area contributed by atoms with E-state index in [0.717, 1.165) is 0 Å². The SMILES string of the molecule is COC[C@@H]1CN(C(=O)c2cccc(OC)c2)C[C@H]1c1ccncc1. The predicted octanol–water partition coefficient (Wildman–Crippen LogP) is 2.59. The monoisotopic (exact) mass is 326 g/mol. The van der Waals surface area contributed by atoms with E-state index in [1.165, 1.54) is 5.56 Å². The molecule has 1 aliphatic heterocycles. The van der Waals surface area contributed by atoms with Gasteiger partial charge in [0.15, 0.2) is 0 Å². The number of aromatic nitrogens is 1. The first kappa shape index (κ1) is 16.5. The Balaban J connectivity index is 1.80. The lowest BCUT2D eigenvalue weighted by molar-refractivity contribution is 0.0775. The minimum atomic E-state index is 0.0339. The third-order valence-electron chi connectivity index (χ3n) is 4.56. The average Bonchev–Trinajstić information content (AvgIpc) is 3.06. The van der Waals surface area contributed by atoms with Crippen LogP contribution in [-0.4, -0.2) is 49.7 Å². The molecule has 2 aromatic rings. The van der Waals surface area contributed by atoms with E-state index >= 15 is 0 Å². The highest BCUT2D eigenvalue weighted by Gasteiger charge is 2.36. The van der Waals surface area contributed by atoms with E-state index in [4.69, 9.17) is 9.47 Å². The fourth-order valence-electron chi connectivity index (χ4n) is 3.35. The van der Waals surface area contributed by atoms with Crippen LogP contribution in [0.3, 0.4) is 0 Å². The zero-order valence-electron chi connectivity index (χ0n) is 14.0. The molecular weight excluding hydrogens is 304 g/mol. The molecule has 5 heteroatoms. The third-order valence-corrected chi connectivity index (χ3v) is 4.56. The number of amides is 1. The molecule has 0 radical (unpaired) electrons. The van der Waals surface area contributed by atoms with E-state index in [-0.39, 0.29) is 17.7 Å². The van der Waals surface area contributed by atoms with Gasteiger partial charge in [-0.05, 0) is 35.9 Å². The Labute approximate surface area is 142 Å². The molecule has 3 rings (SSSR count). The van der Waals surface area contributed by atoms with E-state index in [2.05, 4.69) is 4.98 Å². The van der Waals surface area contributed by atoms with Gasteiger partial charge in [0, 0.05) is 50.0 Å². The smallest absolute Gasteiger partial charge is 0.254 e. The topological polar surface area (TPSA) is 51.7 Å². The van der Waals surface area contributed by atoms with Crippen LogP contribution >= 0.6 is 0 Å².